The highest BCUT2D eigenvalue weighted by atomic mass is 16.4. The van der Waals surface area contributed by atoms with Crippen LogP contribution in [0.1, 0.15) is 69.4 Å². The molecular formula is C15H21N3O2. The summed E-state index contributed by atoms with van der Waals surface area (Å²) in [5.74, 6) is -0.235. The molecule has 1 heterocycles. The fourth-order valence-electron chi connectivity index (χ4n) is 3.92. The zero-order chi connectivity index (χ0) is 13.8. The van der Waals surface area contributed by atoms with Crippen molar-refractivity contribution < 1.29 is 9.90 Å². The maximum Gasteiger partial charge on any atom is 0.333 e. The van der Waals surface area contributed by atoms with Crippen molar-refractivity contribution in [2.75, 3.05) is 0 Å². The van der Waals surface area contributed by atoms with Gasteiger partial charge in [0.05, 0.1) is 11.9 Å². The van der Waals surface area contributed by atoms with Crippen LogP contribution in [0.3, 0.4) is 0 Å². The number of carboxylic acids is 1. The maximum atomic E-state index is 11.9. The first-order valence-electron chi connectivity index (χ1n) is 7.80. The van der Waals surface area contributed by atoms with Gasteiger partial charge in [0.1, 0.15) is 0 Å². The van der Waals surface area contributed by atoms with Gasteiger partial charge in [0, 0.05) is 5.92 Å². The Bertz CT molecular complexity index is 533. The lowest BCUT2D eigenvalue weighted by Gasteiger charge is -2.49. The Labute approximate surface area is 118 Å². The average molecular weight is 275 g/mol. The summed E-state index contributed by atoms with van der Waals surface area (Å²) in [6.07, 6.45) is 11.4. The molecule has 4 rings (SSSR count). The van der Waals surface area contributed by atoms with Crippen LogP contribution in [0.4, 0.5) is 0 Å². The van der Waals surface area contributed by atoms with E-state index in [1.165, 1.54) is 36.9 Å². The van der Waals surface area contributed by atoms with Gasteiger partial charge in [-0.1, -0.05) is 6.42 Å². The van der Waals surface area contributed by atoms with Crippen LogP contribution in [0.15, 0.2) is 6.20 Å². The van der Waals surface area contributed by atoms with Gasteiger partial charge in [0.2, 0.25) is 0 Å². The molecule has 3 fully saturated rings. The predicted octanol–water partition coefficient (Wildman–Crippen LogP) is 2.68. The van der Waals surface area contributed by atoms with Crippen LogP contribution in [0.5, 0.6) is 0 Å². The SMILES string of the molecule is O=C(O)C1(n2ncc(C3CC3)n2)CCC2(CCC2)CC1. The molecule has 0 aromatic carbocycles. The molecule has 0 radical (unpaired) electrons. The van der Waals surface area contributed by atoms with Gasteiger partial charge in [-0.05, 0) is 56.8 Å². The van der Waals surface area contributed by atoms with Crippen molar-refractivity contribution in [2.24, 2.45) is 5.41 Å². The zero-order valence-electron chi connectivity index (χ0n) is 11.7. The van der Waals surface area contributed by atoms with E-state index in [0.29, 0.717) is 24.2 Å². The lowest BCUT2D eigenvalue weighted by atomic mass is 9.57. The molecule has 0 saturated heterocycles. The summed E-state index contributed by atoms with van der Waals surface area (Å²) >= 11 is 0. The van der Waals surface area contributed by atoms with Crippen molar-refractivity contribution in [1.82, 2.24) is 15.0 Å². The topological polar surface area (TPSA) is 68.0 Å². The van der Waals surface area contributed by atoms with E-state index in [1.807, 2.05) is 0 Å². The van der Waals surface area contributed by atoms with Crippen LogP contribution in [0, 0.1) is 5.41 Å². The summed E-state index contributed by atoms with van der Waals surface area (Å²) in [6.45, 7) is 0. The van der Waals surface area contributed by atoms with Gasteiger partial charge in [-0.3, -0.25) is 0 Å². The summed E-state index contributed by atoms with van der Waals surface area (Å²) in [7, 11) is 0. The highest BCUT2D eigenvalue weighted by Crippen LogP contribution is 2.55. The first kappa shape index (κ1) is 12.4. The molecule has 5 nitrogen and oxygen atoms in total. The molecule has 0 amide bonds. The lowest BCUT2D eigenvalue weighted by molar-refractivity contribution is -0.154. The van der Waals surface area contributed by atoms with Gasteiger partial charge in [-0.25, -0.2) is 4.79 Å². The fraction of sp³-hybridized carbons (Fsp3) is 0.800. The standard InChI is InChI=1S/C15H21N3O2/c19-13(20)15(8-6-14(7-9-15)4-1-5-14)18-16-10-12(17-18)11-2-3-11/h10-11H,1-9H2,(H,19,20). The minimum absolute atomic E-state index is 0.450. The molecule has 0 atom stereocenters. The van der Waals surface area contributed by atoms with E-state index in [2.05, 4.69) is 10.2 Å². The van der Waals surface area contributed by atoms with Gasteiger partial charge < -0.3 is 5.11 Å². The van der Waals surface area contributed by atoms with Gasteiger partial charge in [-0.15, -0.1) is 0 Å². The van der Waals surface area contributed by atoms with Crippen LogP contribution in [-0.4, -0.2) is 26.1 Å². The van der Waals surface area contributed by atoms with Gasteiger partial charge >= 0.3 is 5.97 Å². The predicted molar refractivity (Wildman–Crippen MR) is 72.4 cm³/mol. The molecule has 1 spiro atoms. The lowest BCUT2D eigenvalue weighted by Crippen LogP contribution is -2.50. The number of hydrogen-bond acceptors (Lipinski definition) is 3. The molecule has 1 aromatic heterocycles. The first-order valence-corrected chi connectivity index (χ1v) is 7.80. The number of carboxylic acid groups (broad SMARTS) is 1. The fourth-order valence-corrected chi connectivity index (χ4v) is 3.92. The molecule has 20 heavy (non-hydrogen) atoms. The number of aliphatic carboxylic acids is 1. The summed E-state index contributed by atoms with van der Waals surface area (Å²) in [4.78, 5) is 13.4. The Morgan fingerprint density at radius 1 is 1.20 bits per heavy atom. The monoisotopic (exact) mass is 275 g/mol. The van der Waals surface area contributed by atoms with Crippen LogP contribution >= 0.6 is 0 Å². The quantitative estimate of drug-likeness (QED) is 0.921. The summed E-state index contributed by atoms with van der Waals surface area (Å²) in [5, 5.41) is 18.6. The second-order valence-electron chi connectivity index (χ2n) is 7.02. The third-order valence-corrected chi connectivity index (χ3v) is 5.84. The van der Waals surface area contributed by atoms with Crippen molar-refractivity contribution in [3.8, 4) is 0 Å². The molecule has 3 aliphatic carbocycles. The average Bonchev–Trinajstić information content (AvgIpc) is 3.14. The zero-order valence-corrected chi connectivity index (χ0v) is 11.7. The van der Waals surface area contributed by atoms with Gasteiger partial charge in [-0.2, -0.15) is 15.0 Å². The maximum absolute atomic E-state index is 11.9. The van der Waals surface area contributed by atoms with Crippen LogP contribution in [0.25, 0.3) is 0 Å². The Morgan fingerprint density at radius 3 is 2.40 bits per heavy atom. The second-order valence-corrected chi connectivity index (χ2v) is 7.02. The van der Waals surface area contributed by atoms with E-state index in [9.17, 15) is 9.90 Å². The first-order chi connectivity index (χ1) is 9.64. The van der Waals surface area contributed by atoms with Crippen molar-refractivity contribution in [1.29, 1.82) is 0 Å². The van der Waals surface area contributed by atoms with Crippen molar-refractivity contribution in [3.05, 3.63) is 11.9 Å². The normalized spacial score (nSPS) is 27.2. The summed E-state index contributed by atoms with van der Waals surface area (Å²) in [6, 6.07) is 0. The molecule has 1 aromatic rings. The minimum Gasteiger partial charge on any atom is -0.479 e. The highest BCUT2D eigenvalue weighted by Gasteiger charge is 2.51. The van der Waals surface area contributed by atoms with Crippen molar-refractivity contribution in [3.63, 3.8) is 0 Å². The Morgan fingerprint density at radius 2 is 1.90 bits per heavy atom. The van der Waals surface area contributed by atoms with E-state index < -0.39 is 11.5 Å². The van der Waals surface area contributed by atoms with Crippen LogP contribution < -0.4 is 0 Å². The molecule has 5 heteroatoms. The summed E-state index contributed by atoms with van der Waals surface area (Å²) in [5.41, 5.74) is 0.536. The van der Waals surface area contributed by atoms with E-state index in [4.69, 9.17) is 0 Å². The molecule has 3 aliphatic rings. The highest BCUT2D eigenvalue weighted by molar-refractivity contribution is 5.76. The molecule has 1 N–H and O–H groups in total. The van der Waals surface area contributed by atoms with E-state index in [-0.39, 0.29) is 0 Å². The molecule has 108 valence electrons. The van der Waals surface area contributed by atoms with Crippen LogP contribution in [0.2, 0.25) is 0 Å². The Balaban J connectivity index is 1.61. The van der Waals surface area contributed by atoms with E-state index in [0.717, 1.165) is 18.5 Å². The number of nitrogens with zero attached hydrogens (tertiary/aromatic N) is 3. The largest absolute Gasteiger partial charge is 0.479 e. The van der Waals surface area contributed by atoms with E-state index >= 15 is 0 Å². The molecule has 3 saturated carbocycles. The third kappa shape index (κ3) is 1.71. The van der Waals surface area contributed by atoms with Crippen molar-refractivity contribution in [2.45, 2.75) is 69.2 Å². The van der Waals surface area contributed by atoms with E-state index in [1.54, 1.807) is 6.20 Å². The van der Waals surface area contributed by atoms with Crippen molar-refractivity contribution >= 4 is 5.97 Å². The number of rotatable bonds is 3. The van der Waals surface area contributed by atoms with Gasteiger partial charge in [0.25, 0.3) is 0 Å². The smallest absolute Gasteiger partial charge is 0.333 e. The molecular weight excluding hydrogens is 254 g/mol. The molecule has 0 unspecified atom stereocenters. The second kappa shape index (κ2) is 4.06. The third-order valence-electron chi connectivity index (χ3n) is 5.84. The van der Waals surface area contributed by atoms with Crippen LogP contribution in [-0.2, 0) is 10.3 Å². The Kier molecular flexibility index (Phi) is 2.51. The van der Waals surface area contributed by atoms with Gasteiger partial charge in [0.15, 0.2) is 5.54 Å². The number of carbonyl (C=O) groups is 1. The molecule has 0 bridgehead atoms. The summed E-state index contributed by atoms with van der Waals surface area (Å²) < 4.78 is 0. The molecule has 0 aliphatic heterocycles. The number of aromatic nitrogens is 3. The Hall–Kier alpha value is -1.39. The minimum atomic E-state index is -0.895. The number of hydrogen-bond donors (Lipinski definition) is 1.